The number of carbonyl (C=O) groups excluding carboxylic acids is 3. The van der Waals surface area contributed by atoms with E-state index in [1.165, 1.54) is 18.7 Å². The third-order valence-corrected chi connectivity index (χ3v) is 5.57. The van der Waals surface area contributed by atoms with Crippen molar-refractivity contribution in [3.05, 3.63) is 0 Å². The Morgan fingerprint density at radius 3 is 1.97 bits per heavy atom. The molecule has 0 aromatic rings. The molecule has 14 heteroatoms. The number of nitrogens with two attached hydrogens (primary N) is 3. The SMILES string of the molecule is CSCCC(NC(=O)C(CCCN=C(N)N)NC(=O)C(N)CC(C)C)C(=O)NC(C(=O)O)C(C)O. The molecule has 0 rings (SSSR count). The van der Waals surface area contributed by atoms with Gasteiger partial charge in [0.05, 0.1) is 12.1 Å². The number of guanidine groups is 1. The second kappa shape index (κ2) is 16.9. The molecule has 0 aliphatic rings. The molecule has 0 aromatic heterocycles. The molecule has 0 aromatic carbocycles. The van der Waals surface area contributed by atoms with Crippen LogP contribution in [0.15, 0.2) is 4.99 Å². The standard InChI is InChI=1S/C21H41N7O6S/c1-11(2)10-13(22)17(30)26-14(6-5-8-25-21(23)24)18(31)27-15(7-9-35-4)19(32)28-16(12(3)29)20(33)34/h11-16,29H,5-10,22H2,1-4H3,(H,26,30)(H,27,31)(H,28,32)(H,33,34)(H4,23,24,25). The Balaban J connectivity index is 5.56. The summed E-state index contributed by atoms with van der Waals surface area (Å²) in [7, 11) is 0. The highest BCUT2D eigenvalue weighted by Crippen LogP contribution is 2.07. The lowest BCUT2D eigenvalue weighted by Gasteiger charge is -2.26. The molecule has 0 saturated heterocycles. The van der Waals surface area contributed by atoms with Crippen molar-refractivity contribution in [3.63, 3.8) is 0 Å². The van der Waals surface area contributed by atoms with Gasteiger partial charge in [0.2, 0.25) is 17.7 Å². The van der Waals surface area contributed by atoms with E-state index >= 15 is 0 Å². The average Bonchev–Trinajstić information content (AvgIpc) is 2.75. The van der Waals surface area contributed by atoms with Gasteiger partial charge in [0, 0.05) is 6.54 Å². The van der Waals surface area contributed by atoms with Crippen LogP contribution in [0, 0.1) is 5.92 Å². The van der Waals surface area contributed by atoms with Crippen LogP contribution in [0.5, 0.6) is 0 Å². The minimum Gasteiger partial charge on any atom is -0.480 e. The summed E-state index contributed by atoms with van der Waals surface area (Å²) < 4.78 is 0. The first-order valence-corrected chi connectivity index (χ1v) is 12.8. The largest absolute Gasteiger partial charge is 0.480 e. The van der Waals surface area contributed by atoms with Crippen LogP contribution in [0.1, 0.15) is 46.5 Å². The fourth-order valence-corrected chi connectivity index (χ4v) is 3.56. The first-order chi connectivity index (χ1) is 16.3. The van der Waals surface area contributed by atoms with Crippen LogP contribution in [0.3, 0.4) is 0 Å². The van der Waals surface area contributed by atoms with E-state index in [-0.39, 0.29) is 31.3 Å². The van der Waals surface area contributed by atoms with E-state index in [9.17, 15) is 29.4 Å². The molecule has 202 valence electrons. The van der Waals surface area contributed by atoms with Crippen molar-refractivity contribution in [2.24, 2.45) is 28.1 Å². The molecule has 13 nitrogen and oxygen atoms in total. The van der Waals surface area contributed by atoms with Crippen LogP contribution < -0.4 is 33.2 Å². The van der Waals surface area contributed by atoms with E-state index in [0.717, 1.165) is 0 Å². The van der Waals surface area contributed by atoms with Crippen LogP contribution in [0.4, 0.5) is 0 Å². The molecule has 0 aliphatic heterocycles. The van der Waals surface area contributed by atoms with Crippen LogP contribution in [-0.2, 0) is 19.2 Å². The number of aliphatic hydroxyl groups excluding tert-OH is 1. The average molecular weight is 520 g/mol. The Labute approximate surface area is 210 Å². The Morgan fingerprint density at radius 2 is 1.49 bits per heavy atom. The van der Waals surface area contributed by atoms with Gasteiger partial charge in [-0.25, -0.2) is 4.79 Å². The molecule has 0 bridgehead atoms. The lowest BCUT2D eigenvalue weighted by molar-refractivity contribution is -0.145. The maximum absolute atomic E-state index is 13.1. The maximum Gasteiger partial charge on any atom is 0.328 e. The summed E-state index contributed by atoms with van der Waals surface area (Å²) in [6.45, 7) is 5.29. The number of hydrogen-bond donors (Lipinski definition) is 8. The molecule has 0 radical (unpaired) electrons. The summed E-state index contributed by atoms with van der Waals surface area (Å²) >= 11 is 1.43. The van der Waals surface area contributed by atoms with Gasteiger partial charge in [-0.1, -0.05) is 13.8 Å². The third kappa shape index (κ3) is 13.8. The summed E-state index contributed by atoms with van der Waals surface area (Å²) in [5, 5.41) is 26.4. The van der Waals surface area contributed by atoms with Gasteiger partial charge in [-0.3, -0.25) is 19.4 Å². The number of aliphatic hydroxyl groups is 1. The van der Waals surface area contributed by atoms with Crippen LogP contribution >= 0.6 is 11.8 Å². The van der Waals surface area contributed by atoms with Crippen molar-refractivity contribution in [3.8, 4) is 0 Å². The summed E-state index contributed by atoms with van der Waals surface area (Å²) in [6.07, 6.45) is 1.62. The molecule has 0 heterocycles. The number of nitrogens with one attached hydrogen (secondary N) is 3. The molecule has 0 aliphatic carbocycles. The molecule has 35 heavy (non-hydrogen) atoms. The zero-order valence-corrected chi connectivity index (χ0v) is 21.6. The zero-order valence-electron chi connectivity index (χ0n) is 20.8. The quantitative estimate of drug-likeness (QED) is 0.0602. The second-order valence-electron chi connectivity index (χ2n) is 8.65. The molecule has 5 atom stereocenters. The fraction of sp³-hybridized carbons (Fsp3) is 0.762. The topological polar surface area (TPSA) is 235 Å². The Hall–Kier alpha value is -2.58. The van der Waals surface area contributed by atoms with Gasteiger partial charge in [-0.05, 0) is 50.5 Å². The second-order valence-corrected chi connectivity index (χ2v) is 9.64. The molecule has 11 N–H and O–H groups in total. The number of rotatable bonds is 17. The summed E-state index contributed by atoms with van der Waals surface area (Å²) in [5.41, 5.74) is 16.6. The van der Waals surface area contributed by atoms with E-state index in [2.05, 4.69) is 20.9 Å². The number of aliphatic carboxylic acids is 1. The number of nitrogens with zero attached hydrogens (tertiary/aromatic N) is 1. The van der Waals surface area contributed by atoms with E-state index in [4.69, 9.17) is 17.2 Å². The van der Waals surface area contributed by atoms with Gasteiger partial charge in [0.1, 0.15) is 12.1 Å². The number of amides is 3. The van der Waals surface area contributed by atoms with Crippen LogP contribution in [0.2, 0.25) is 0 Å². The van der Waals surface area contributed by atoms with E-state index in [1.54, 1.807) is 0 Å². The highest BCUT2D eigenvalue weighted by molar-refractivity contribution is 7.98. The van der Waals surface area contributed by atoms with Crippen molar-refractivity contribution in [2.75, 3.05) is 18.6 Å². The third-order valence-electron chi connectivity index (χ3n) is 4.93. The van der Waals surface area contributed by atoms with E-state index in [0.29, 0.717) is 18.6 Å². The minimum atomic E-state index is -1.54. The number of hydrogen-bond acceptors (Lipinski definition) is 8. The number of carbonyl (C=O) groups is 4. The first kappa shape index (κ1) is 32.4. The predicted molar refractivity (Wildman–Crippen MR) is 135 cm³/mol. The zero-order chi connectivity index (χ0) is 27.1. The van der Waals surface area contributed by atoms with Gasteiger partial charge in [0.25, 0.3) is 0 Å². The Kier molecular flexibility index (Phi) is 15.7. The van der Waals surface area contributed by atoms with E-state index in [1.807, 2.05) is 20.1 Å². The first-order valence-electron chi connectivity index (χ1n) is 11.4. The molecule has 0 fully saturated rings. The summed E-state index contributed by atoms with van der Waals surface area (Å²) in [6, 6.07) is -4.47. The Bertz CT molecular complexity index is 731. The number of thioether (sulfide) groups is 1. The monoisotopic (exact) mass is 519 g/mol. The number of aliphatic imine (C=N–C) groups is 1. The van der Waals surface area contributed by atoms with Gasteiger partial charge < -0.3 is 43.4 Å². The maximum atomic E-state index is 13.1. The fourth-order valence-electron chi connectivity index (χ4n) is 3.09. The van der Waals surface area contributed by atoms with Crippen molar-refractivity contribution >= 4 is 41.4 Å². The van der Waals surface area contributed by atoms with Gasteiger partial charge in [-0.15, -0.1) is 0 Å². The Morgan fingerprint density at radius 1 is 0.943 bits per heavy atom. The van der Waals surface area contributed by atoms with Gasteiger partial charge in [0.15, 0.2) is 12.0 Å². The normalized spacial score (nSPS) is 15.3. The molecular weight excluding hydrogens is 478 g/mol. The predicted octanol–water partition coefficient (Wildman–Crippen LogP) is -1.91. The minimum absolute atomic E-state index is 0.103. The van der Waals surface area contributed by atoms with Crippen molar-refractivity contribution in [2.45, 2.75) is 76.7 Å². The van der Waals surface area contributed by atoms with Gasteiger partial charge in [-0.2, -0.15) is 11.8 Å². The van der Waals surface area contributed by atoms with Crippen LogP contribution in [0.25, 0.3) is 0 Å². The summed E-state index contributed by atoms with van der Waals surface area (Å²) in [5.74, 6) is -2.76. The smallest absolute Gasteiger partial charge is 0.328 e. The molecular formula is C21H41N7O6S. The molecule has 0 spiro atoms. The molecule has 5 unspecified atom stereocenters. The number of carboxylic acid groups (broad SMARTS) is 1. The van der Waals surface area contributed by atoms with Crippen molar-refractivity contribution < 1.29 is 29.4 Å². The highest BCUT2D eigenvalue weighted by atomic mass is 32.2. The van der Waals surface area contributed by atoms with Crippen LogP contribution in [-0.4, -0.2) is 88.7 Å². The highest BCUT2D eigenvalue weighted by Gasteiger charge is 2.31. The van der Waals surface area contributed by atoms with Crippen molar-refractivity contribution in [1.82, 2.24) is 16.0 Å². The summed E-state index contributed by atoms with van der Waals surface area (Å²) in [4.78, 5) is 53.6. The molecule has 3 amide bonds. The molecule has 0 saturated carbocycles. The lowest BCUT2D eigenvalue weighted by atomic mass is 10.0. The van der Waals surface area contributed by atoms with Gasteiger partial charge >= 0.3 is 5.97 Å². The van der Waals surface area contributed by atoms with Crippen molar-refractivity contribution in [1.29, 1.82) is 0 Å². The lowest BCUT2D eigenvalue weighted by Crippen LogP contribution is -2.58. The van der Waals surface area contributed by atoms with E-state index < -0.39 is 54.0 Å². The number of carboxylic acids is 1.